The molecule has 0 aliphatic rings. The molecule has 0 aromatic rings. The topological polar surface area (TPSA) is 191 Å². The van der Waals surface area contributed by atoms with Crippen molar-refractivity contribution < 1.29 is 24.3 Å². The Morgan fingerprint density at radius 1 is 0.742 bits per heavy atom. The lowest BCUT2D eigenvalue weighted by atomic mass is 9.90. The molecule has 0 saturated heterocycles. The Balaban J connectivity index is 5.20. The van der Waals surface area contributed by atoms with Gasteiger partial charge in [-0.3, -0.25) is 14.4 Å². The van der Waals surface area contributed by atoms with Gasteiger partial charge in [0.15, 0.2) is 5.78 Å². The highest BCUT2D eigenvalue weighted by molar-refractivity contribution is 5.93. The maximum absolute atomic E-state index is 12.9. The minimum absolute atomic E-state index is 0.0703. The van der Waals surface area contributed by atoms with E-state index in [0.29, 0.717) is 64.6 Å². The Hall–Kier alpha value is -2.04. The van der Waals surface area contributed by atoms with Gasteiger partial charge in [-0.25, -0.2) is 4.79 Å². The first-order chi connectivity index (χ1) is 14.8. The van der Waals surface area contributed by atoms with Crippen molar-refractivity contribution in [1.29, 1.82) is 0 Å². The molecule has 10 heteroatoms. The third-order valence-corrected chi connectivity index (χ3v) is 5.10. The molecule has 0 spiro atoms. The molecule has 0 rings (SSSR count). The summed E-state index contributed by atoms with van der Waals surface area (Å²) in [7, 11) is 0. The van der Waals surface area contributed by atoms with Gasteiger partial charge in [-0.15, -0.1) is 0 Å². The van der Waals surface area contributed by atoms with Gasteiger partial charge in [-0.05, 0) is 71.0 Å². The first kappa shape index (κ1) is 29.0. The van der Waals surface area contributed by atoms with Gasteiger partial charge in [-0.1, -0.05) is 6.42 Å². The maximum atomic E-state index is 12.9. The predicted molar refractivity (Wildman–Crippen MR) is 119 cm³/mol. The van der Waals surface area contributed by atoms with Gasteiger partial charge in [0.2, 0.25) is 11.8 Å². The van der Waals surface area contributed by atoms with Gasteiger partial charge < -0.3 is 32.9 Å². The summed E-state index contributed by atoms with van der Waals surface area (Å²) >= 11 is 0. The number of hydrogen-bond donors (Lipinski definition) is 6. The van der Waals surface area contributed by atoms with Crippen LogP contribution in [0.4, 0.5) is 0 Å². The van der Waals surface area contributed by atoms with Crippen molar-refractivity contribution >= 4 is 23.6 Å². The molecule has 10 nitrogen and oxygen atoms in total. The number of rotatable bonds is 19. The Morgan fingerprint density at radius 2 is 1.23 bits per heavy atom. The maximum Gasteiger partial charge on any atom is 0.326 e. The molecule has 0 heterocycles. The summed E-state index contributed by atoms with van der Waals surface area (Å²) in [6.07, 6.45) is 5.06. The smallest absolute Gasteiger partial charge is 0.326 e. The molecule has 31 heavy (non-hydrogen) atoms. The van der Waals surface area contributed by atoms with Gasteiger partial charge in [0.25, 0.3) is 0 Å². The van der Waals surface area contributed by atoms with Crippen LogP contribution in [0, 0.1) is 5.92 Å². The number of amides is 2. The molecule has 0 fully saturated rings. The van der Waals surface area contributed by atoms with E-state index in [1.807, 2.05) is 0 Å². The van der Waals surface area contributed by atoms with Gasteiger partial charge >= 0.3 is 5.97 Å². The molecule has 0 aliphatic carbocycles. The zero-order valence-electron chi connectivity index (χ0n) is 18.7. The van der Waals surface area contributed by atoms with Crippen molar-refractivity contribution in [2.75, 3.05) is 19.6 Å². The molecule has 0 aliphatic heterocycles. The number of unbranched alkanes of at least 4 members (excludes halogenated alkanes) is 3. The minimum Gasteiger partial charge on any atom is -0.480 e. The second kappa shape index (κ2) is 17.6. The van der Waals surface area contributed by atoms with Crippen LogP contribution in [-0.2, 0) is 19.2 Å². The van der Waals surface area contributed by atoms with Crippen LogP contribution in [0.5, 0.6) is 0 Å². The predicted octanol–water partition coefficient (Wildman–Crippen LogP) is 0.0229. The van der Waals surface area contributed by atoms with Gasteiger partial charge in [0.1, 0.15) is 6.04 Å². The van der Waals surface area contributed by atoms with Crippen molar-refractivity contribution in [2.45, 2.75) is 83.2 Å². The summed E-state index contributed by atoms with van der Waals surface area (Å²) in [4.78, 5) is 48.7. The van der Waals surface area contributed by atoms with Gasteiger partial charge in [0.05, 0.1) is 6.04 Å². The van der Waals surface area contributed by atoms with E-state index in [1.165, 1.54) is 6.92 Å². The number of aliphatic carboxylic acids is 1. The summed E-state index contributed by atoms with van der Waals surface area (Å²) in [5.41, 5.74) is 16.5. The number of carbonyl (C=O) groups is 4. The molecular weight excluding hydrogens is 402 g/mol. The zero-order valence-corrected chi connectivity index (χ0v) is 18.7. The lowest BCUT2D eigenvalue weighted by molar-refractivity contribution is -0.143. The second-order valence-corrected chi connectivity index (χ2v) is 7.87. The molecule has 0 radical (unpaired) electrons. The van der Waals surface area contributed by atoms with Crippen LogP contribution in [-0.4, -0.2) is 60.4 Å². The van der Waals surface area contributed by atoms with E-state index in [-0.39, 0.29) is 24.5 Å². The fourth-order valence-electron chi connectivity index (χ4n) is 3.34. The largest absolute Gasteiger partial charge is 0.480 e. The molecule has 0 aromatic carbocycles. The Bertz CT molecular complexity index is 558. The van der Waals surface area contributed by atoms with Gasteiger partial charge in [0, 0.05) is 19.3 Å². The first-order valence-electron chi connectivity index (χ1n) is 11.2. The Labute approximate surface area is 185 Å². The third-order valence-electron chi connectivity index (χ3n) is 5.10. The average Bonchev–Trinajstić information content (AvgIpc) is 2.71. The van der Waals surface area contributed by atoms with Crippen LogP contribution in [0.25, 0.3) is 0 Å². The Kier molecular flexibility index (Phi) is 16.5. The third kappa shape index (κ3) is 13.8. The monoisotopic (exact) mass is 443 g/mol. The molecule has 0 unspecified atom stereocenters. The average molecular weight is 444 g/mol. The van der Waals surface area contributed by atoms with Crippen LogP contribution in [0.15, 0.2) is 0 Å². The van der Waals surface area contributed by atoms with Crippen molar-refractivity contribution in [1.82, 2.24) is 10.6 Å². The molecule has 2 amide bonds. The number of nitrogens with one attached hydrogen (secondary N) is 2. The molecule has 0 aromatic heterocycles. The number of hydrogen-bond acceptors (Lipinski definition) is 7. The number of carbonyl (C=O) groups excluding carboxylic acids is 3. The minimum atomic E-state index is -1.12. The standard InChI is InChI=1S/C21H41N5O5/c1-15(27)25-17(9-3-6-12-23)19(28)14-16(8-2-5-11-22)20(29)26-18(21(30)31)10-4-7-13-24/h16-18H,2-14,22-24H2,1H3,(H,25,27)(H,26,29)(H,30,31)/t16-,17+,18+/m1/s1. The van der Waals surface area contributed by atoms with E-state index in [9.17, 15) is 24.3 Å². The fraction of sp³-hybridized carbons (Fsp3) is 0.810. The highest BCUT2D eigenvalue weighted by Crippen LogP contribution is 2.17. The van der Waals surface area contributed by atoms with E-state index >= 15 is 0 Å². The lowest BCUT2D eigenvalue weighted by Gasteiger charge is -2.23. The zero-order chi connectivity index (χ0) is 23.6. The molecule has 9 N–H and O–H groups in total. The van der Waals surface area contributed by atoms with Crippen LogP contribution in [0.3, 0.4) is 0 Å². The summed E-state index contributed by atoms with van der Waals surface area (Å²) in [6, 6.07) is -1.71. The molecule has 0 bridgehead atoms. The van der Waals surface area contributed by atoms with E-state index in [1.54, 1.807) is 0 Å². The normalized spacial score (nSPS) is 13.8. The lowest BCUT2D eigenvalue weighted by Crippen LogP contribution is -2.46. The molecular formula is C21H41N5O5. The molecule has 3 atom stereocenters. The highest BCUT2D eigenvalue weighted by atomic mass is 16.4. The van der Waals surface area contributed by atoms with Gasteiger partial charge in [-0.2, -0.15) is 0 Å². The number of carboxylic acids is 1. The molecule has 0 saturated carbocycles. The number of Topliss-reactive ketones (excluding diaryl/α,β-unsaturated/α-hetero) is 1. The van der Waals surface area contributed by atoms with Crippen LogP contribution in [0.1, 0.15) is 71.1 Å². The van der Waals surface area contributed by atoms with E-state index in [2.05, 4.69) is 10.6 Å². The summed E-state index contributed by atoms with van der Waals surface area (Å²) in [5, 5.41) is 14.6. The Morgan fingerprint density at radius 3 is 1.68 bits per heavy atom. The summed E-state index contributed by atoms with van der Waals surface area (Å²) in [6.45, 7) is 2.75. The SMILES string of the molecule is CC(=O)N[C@@H](CCCCN)C(=O)C[C@@H](CCCCN)C(=O)N[C@@H](CCCCN)C(=O)O. The number of nitrogens with two attached hydrogens (primary N) is 3. The van der Waals surface area contributed by atoms with E-state index < -0.39 is 29.9 Å². The van der Waals surface area contributed by atoms with Crippen molar-refractivity contribution in [3.63, 3.8) is 0 Å². The highest BCUT2D eigenvalue weighted by Gasteiger charge is 2.29. The quantitative estimate of drug-likeness (QED) is 0.150. The van der Waals surface area contributed by atoms with Crippen molar-refractivity contribution in [3.8, 4) is 0 Å². The van der Waals surface area contributed by atoms with E-state index in [4.69, 9.17) is 17.2 Å². The van der Waals surface area contributed by atoms with Crippen LogP contribution in [0.2, 0.25) is 0 Å². The fourth-order valence-corrected chi connectivity index (χ4v) is 3.34. The van der Waals surface area contributed by atoms with Crippen molar-refractivity contribution in [3.05, 3.63) is 0 Å². The van der Waals surface area contributed by atoms with E-state index in [0.717, 1.165) is 6.42 Å². The first-order valence-corrected chi connectivity index (χ1v) is 11.2. The molecule has 180 valence electrons. The number of carboxylic acid groups (broad SMARTS) is 1. The second-order valence-electron chi connectivity index (χ2n) is 7.87. The summed E-state index contributed by atoms with van der Waals surface area (Å²) in [5.74, 6) is -2.82. The van der Waals surface area contributed by atoms with Crippen molar-refractivity contribution in [2.24, 2.45) is 23.1 Å². The van der Waals surface area contributed by atoms with Crippen LogP contribution >= 0.6 is 0 Å². The van der Waals surface area contributed by atoms with Crippen LogP contribution < -0.4 is 27.8 Å². The number of ketones is 1. The summed E-state index contributed by atoms with van der Waals surface area (Å²) < 4.78 is 0.